The van der Waals surface area contributed by atoms with Crippen LogP contribution in [0.1, 0.15) is 65.7 Å². The summed E-state index contributed by atoms with van der Waals surface area (Å²) >= 11 is 0. The molecule has 236 valence electrons. The summed E-state index contributed by atoms with van der Waals surface area (Å²) in [6.45, 7) is 5.91. The quantitative estimate of drug-likeness (QED) is 0.164. The SMILES string of the molecule is C=C/C=C/C/C=C(\C)c1nc(-c2cccc3c2oc2ccccc23)nc(C23CCC(c4ccccc4)(c4ccccc42)c2ccccc23)n1. The summed E-state index contributed by atoms with van der Waals surface area (Å²) in [5, 5.41) is 2.13. The summed E-state index contributed by atoms with van der Waals surface area (Å²) in [5.41, 5.74) is 9.21. The summed E-state index contributed by atoms with van der Waals surface area (Å²) in [6, 6.07) is 43.4. The minimum Gasteiger partial charge on any atom is -0.455 e. The summed E-state index contributed by atoms with van der Waals surface area (Å²) in [5.74, 6) is 2.07. The van der Waals surface area contributed by atoms with Crippen molar-refractivity contribution in [2.24, 2.45) is 0 Å². The number of hydrogen-bond acceptors (Lipinski definition) is 4. The third-order valence-electron chi connectivity index (χ3n) is 10.7. The van der Waals surface area contributed by atoms with Gasteiger partial charge in [0.1, 0.15) is 17.0 Å². The highest BCUT2D eigenvalue weighted by atomic mass is 16.3. The zero-order valence-electron chi connectivity index (χ0n) is 27.4. The molecule has 4 nitrogen and oxygen atoms in total. The van der Waals surface area contributed by atoms with E-state index in [0.717, 1.165) is 58.2 Å². The lowest BCUT2D eigenvalue weighted by molar-refractivity contribution is 0.351. The van der Waals surface area contributed by atoms with Crippen LogP contribution in [-0.4, -0.2) is 15.0 Å². The molecule has 0 saturated heterocycles. The Labute approximate surface area is 286 Å². The number of benzene rings is 5. The molecule has 2 bridgehead atoms. The van der Waals surface area contributed by atoms with E-state index in [1.165, 1.54) is 27.8 Å². The van der Waals surface area contributed by atoms with Gasteiger partial charge in [0.15, 0.2) is 11.6 Å². The van der Waals surface area contributed by atoms with Crippen molar-refractivity contribution in [2.75, 3.05) is 0 Å². The molecule has 49 heavy (non-hydrogen) atoms. The molecule has 4 heteroatoms. The van der Waals surface area contributed by atoms with Gasteiger partial charge >= 0.3 is 0 Å². The van der Waals surface area contributed by atoms with E-state index in [9.17, 15) is 0 Å². The monoisotopic (exact) mass is 633 g/mol. The number of hydrogen-bond donors (Lipinski definition) is 0. The molecular formula is C45H35N3O. The summed E-state index contributed by atoms with van der Waals surface area (Å²) in [6.07, 6.45) is 10.6. The van der Waals surface area contributed by atoms with E-state index in [0.29, 0.717) is 11.6 Å². The molecule has 2 aromatic heterocycles. The lowest BCUT2D eigenvalue weighted by atomic mass is 9.47. The fourth-order valence-corrected chi connectivity index (χ4v) is 8.49. The van der Waals surface area contributed by atoms with Crippen LogP contribution in [-0.2, 0) is 10.8 Å². The van der Waals surface area contributed by atoms with Gasteiger partial charge < -0.3 is 4.42 Å². The van der Waals surface area contributed by atoms with Crippen LogP contribution in [0.2, 0.25) is 0 Å². The highest BCUT2D eigenvalue weighted by molar-refractivity contribution is 6.09. The molecule has 0 unspecified atom stereocenters. The Morgan fingerprint density at radius 1 is 0.694 bits per heavy atom. The van der Waals surface area contributed by atoms with Gasteiger partial charge in [-0.05, 0) is 71.7 Å². The van der Waals surface area contributed by atoms with Gasteiger partial charge in [0.2, 0.25) is 0 Å². The molecule has 2 heterocycles. The maximum Gasteiger partial charge on any atom is 0.167 e. The van der Waals surface area contributed by atoms with Crippen molar-refractivity contribution in [3.63, 3.8) is 0 Å². The fraction of sp³-hybridized carbons (Fsp3) is 0.133. The molecule has 7 aromatic rings. The van der Waals surface area contributed by atoms with Gasteiger partial charge in [0, 0.05) is 16.2 Å². The molecule has 0 saturated carbocycles. The fourth-order valence-electron chi connectivity index (χ4n) is 8.49. The number of furan rings is 1. The second-order valence-electron chi connectivity index (χ2n) is 13.1. The first-order valence-electron chi connectivity index (χ1n) is 17.0. The minimum atomic E-state index is -0.555. The van der Waals surface area contributed by atoms with Crippen LogP contribution >= 0.6 is 0 Å². The van der Waals surface area contributed by atoms with Crippen LogP contribution in [0.3, 0.4) is 0 Å². The summed E-state index contributed by atoms with van der Waals surface area (Å²) in [4.78, 5) is 16.0. The highest BCUT2D eigenvalue weighted by Crippen LogP contribution is 2.63. The Hall–Kier alpha value is -5.87. The van der Waals surface area contributed by atoms with Crippen molar-refractivity contribution in [1.82, 2.24) is 15.0 Å². The van der Waals surface area contributed by atoms with E-state index in [2.05, 4.69) is 129 Å². The topological polar surface area (TPSA) is 51.8 Å². The van der Waals surface area contributed by atoms with E-state index >= 15 is 0 Å². The Morgan fingerprint density at radius 2 is 1.33 bits per heavy atom. The van der Waals surface area contributed by atoms with Crippen molar-refractivity contribution in [2.45, 2.75) is 37.0 Å². The van der Waals surface area contributed by atoms with Crippen LogP contribution < -0.4 is 0 Å². The summed E-state index contributed by atoms with van der Waals surface area (Å²) < 4.78 is 6.52. The Morgan fingerprint density at radius 3 is 2.06 bits per heavy atom. The number of aromatic nitrogens is 3. The third kappa shape index (κ3) is 4.26. The lowest BCUT2D eigenvalue weighted by Crippen LogP contribution is -2.51. The maximum atomic E-state index is 6.52. The number of para-hydroxylation sites is 2. The van der Waals surface area contributed by atoms with Crippen molar-refractivity contribution in [1.29, 1.82) is 0 Å². The molecule has 5 aromatic carbocycles. The number of nitrogens with zero attached hydrogens (tertiary/aromatic N) is 3. The summed E-state index contributed by atoms with van der Waals surface area (Å²) in [7, 11) is 0. The number of allylic oxidation sites excluding steroid dienone is 5. The van der Waals surface area contributed by atoms with Crippen LogP contribution in [0.4, 0.5) is 0 Å². The van der Waals surface area contributed by atoms with E-state index < -0.39 is 5.41 Å². The van der Waals surface area contributed by atoms with E-state index in [-0.39, 0.29) is 5.41 Å². The van der Waals surface area contributed by atoms with Crippen molar-refractivity contribution < 1.29 is 4.42 Å². The van der Waals surface area contributed by atoms with Crippen molar-refractivity contribution in [3.8, 4) is 11.4 Å². The predicted molar refractivity (Wildman–Crippen MR) is 198 cm³/mol. The standard InChI is InChI=1S/C45H35N3O/c1-3-4-5-7-17-30(2)41-46-42(34-22-16-21-33-32-20-10-15-27-39(32)49-40(33)34)48-43(47-41)45-29-28-44(31-18-8-6-9-19-31,35-23-11-13-25-37(35)45)36-24-12-14-26-38(36)45/h3-6,8-27H,1,7,28-29H2,2H3/b5-4+,30-17+. The van der Waals surface area contributed by atoms with Gasteiger partial charge in [-0.25, -0.2) is 15.0 Å². The van der Waals surface area contributed by atoms with Crippen LogP contribution in [0.25, 0.3) is 38.9 Å². The molecule has 0 fully saturated rings. The van der Waals surface area contributed by atoms with Gasteiger partial charge in [-0.2, -0.15) is 0 Å². The molecule has 0 aliphatic heterocycles. The molecule has 0 N–H and O–H groups in total. The number of fused-ring (bicyclic) bond motifs is 4. The van der Waals surface area contributed by atoms with E-state index in [1.54, 1.807) is 6.08 Å². The van der Waals surface area contributed by atoms with E-state index in [1.807, 2.05) is 24.3 Å². The first-order chi connectivity index (χ1) is 24.1. The second kappa shape index (κ2) is 11.4. The third-order valence-corrected chi connectivity index (χ3v) is 10.7. The molecule has 0 radical (unpaired) electrons. The molecule has 3 aliphatic carbocycles. The average Bonchev–Trinajstić information content (AvgIpc) is 3.56. The van der Waals surface area contributed by atoms with Gasteiger partial charge in [0.25, 0.3) is 0 Å². The Balaban J connectivity index is 1.33. The smallest absolute Gasteiger partial charge is 0.167 e. The Bertz CT molecular complexity index is 2420. The largest absolute Gasteiger partial charge is 0.455 e. The van der Waals surface area contributed by atoms with E-state index in [4.69, 9.17) is 19.4 Å². The highest BCUT2D eigenvalue weighted by Gasteiger charge is 2.58. The van der Waals surface area contributed by atoms with Crippen LogP contribution in [0, 0.1) is 0 Å². The van der Waals surface area contributed by atoms with Crippen LogP contribution in [0.5, 0.6) is 0 Å². The zero-order chi connectivity index (χ0) is 33.0. The first-order valence-corrected chi connectivity index (χ1v) is 17.0. The normalized spacial score (nSPS) is 19.7. The van der Waals surface area contributed by atoms with Crippen molar-refractivity contribution in [3.05, 3.63) is 192 Å². The van der Waals surface area contributed by atoms with Crippen molar-refractivity contribution >= 4 is 27.5 Å². The van der Waals surface area contributed by atoms with Gasteiger partial charge in [-0.3, -0.25) is 0 Å². The average molecular weight is 634 g/mol. The predicted octanol–water partition coefficient (Wildman–Crippen LogP) is 10.7. The van der Waals surface area contributed by atoms with Gasteiger partial charge in [-0.1, -0.05) is 140 Å². The lowest BCUT2D eigenvalue weighted by Gasteiger charge is -2.55. The van der Waals surface area contributed by atoms with Gasteiger partial charge in [-0.15, -0.1) is 0 Å². The first kappa shape index (κ1) is 29.3. The molecule has 10 rings (SSSR count). The van der Waals surface area contributed by atoms with Crippen LogP contribution in [0.15, 0.2) is 157 Å². The minimum absolute atomic E-state index is 0.248. The number of rotatable bonds is 7. The van der Waals surface area contributed by atoms with Gasteiger partial charge in [0.05, 0.1) is 11.0 Å². The second-order valence-corrected chi connectivity index (χ2v) is 13.1. The molecule has 0 amide bonds. The zero-order valence-corrected chi connectivity index (χ0v) is 27.4. The molecule has 0 spiro atoms. The molecule has 0 atom stereocenters. The molecular weight excluding hydrogens is 599 g/mol. The molecule has 3 aliphatic rings. The Kier molecular flexibility index (Phi) is 6.80. The maximum absolute atomic E-state index is 6.52.